The minimum Gasteiger partial charge on any atom is -0.496 e. The highest BCUT2D eigenvalue weighted by Crippen LogP contribution is 2.33. The van der Waals surface area contributed by atoms with Crippen molar-refractivity contribution in [1.29, 1.82) is 0 Å². The number of aryl methyl sites for hydroxylation is 2. The molecule has 0 bridgehead atoms. The number of barbiturate groups is 1. The molecule has 0 unspecified atom stereocenters. The molecular formula is C26H24N4O6. The van der Waals surface area contributed by atoms with E-state index in [0.29, 0.717) is 34.1 Å². The van der Waals surface area contributed by atoms with Crippen molar-refractivity contribution >= 4 is 35.3 Å². The number of nitrogens with zero attached hydrogens (tertiary/aromatic N) is 3. The fourth-order valence-electron chi connectivity index (χ4n) is 4.28. The van der Waals surface area contributed by atoms with Gasteiger partial charge in [0.05, 0.1) is 23.8 Å². The Morgan fingerprint density at radius 2 is 1.72 bits per heavy atom. The van der Waals surface area contributed by atoms with Crippen LogP contribution in [0.5, 0.6) is 5.75 Å². The summed E-state index contributed by atoms with van der Waals surface area (Å²) in [6.07, 6.45) is 1.40. The van der Waals surface area contributed by atoms with E-state index in [9.17, 15) is 24.5 Å². The van der Waals surface area contributed by atoms with E-state index in [1.807, 2.05) is 13.0 Å². The summed E-state index contributed by atoms with van der Waals surface area (Å²) < 4.78 is 6.79. The van der Waals surface area contributed by atoms with Gasteiger partial charge in [0, 0.05) is 11.4 Å². The molecule has 0 spiro atoms. The van der Waals surface area contributed by atoms with Crippen molar-refractivity contribution in [2.45, 2.75) is 27.7 Å². The third kappa shape index (κ3) is 4.02. The van der Waals surface area contributed by atoms with Crippen LogP contribution in [0.1, 0.15) is 28.1 Å². The van der Waals surface area contributed by atoms with Crippen molar-refractivity contribution in [3.05, 3.63) is 86.2 Å². The van der Waals surface area contributed by atoms with Crippen molar-refractivity contribution < 1.29 is 24.0 Å². The Morgan fingerprint density at radius 1 is 1.00 bits per heavy atom. The van der Waals surface area contributed by atoms with Crippen molar-refractivity contribution in [3.8, 4) is 11.4 Å². The standard InChI is InChI=1S/C26H24N4O6/c1-14-7-6-8-21(16(14)3)29-25(32)20(24(31)27-26(29)33)12-18-11-15(2)28(17(18)4)22-10-9-19(36-5)13-23(22)30(34)35/h6-13H,1-5H3,(H,27,31,33). The van der Waals surface area contributed by atoms with Gasteiger partial charge in [0.25, 0.3) is 17.5 Å². The second-order valence-corrected chi connectivity index (χ2v) is 8.45. The average Bonchev–Trinajstić information content (AvgIpc) is 3.11. The molecule has 4 amide bonds. The lowest BCUT2D eigenvalue weighted by Gasteiger charge is -2.28. The van der Waals surface area contributed by atoms with Crippen molar-refractivity contribution in [2.24, 2.45) is 0 Å². The average molecular weight is 489 g/mol. The Bertz CT molecular complexity index is 1480. The number of imide groups is 2. The normalized spacial score (nSPS) is 14.9. The van der Waals surface area contributed by atoms with E-state index in [1.165, 1.54) is 19.3 Å². The molecular weight excluding hydrogens is 464 g/mol. The summed E-state index contributed by atoms with van der Waals surface area (Å²) in [4.78, 5) is 50.8. The molecule has 1 aliphatic rings. The number of ether oxygens (including phenoxy) is 1. The summed E-state index contributed by atoms with van der Waals surface area (Å²) in [6, 6.07) is 10.6. The predicted molar refractivity (Wildman–Crippen MR) is 133 cm³/mol. The monoisotopic (exact) mass is 488 g/mol. The third-order valence-electron chi connectivity index (χ3n) is 6.31. The predicted octanol–water partition coefficient (Wildman–Crippen LogP) is 4.29. The number of hydrogen-bond donors (Lipinski definition) is 1. The first kappa shape index (κ1) is 24.4. The molecule has 1 aliphatic heterocycles. The first-order valence-corrected chi connectivity index (χ1v) is 11.0. The third-order valence-corrected chi connectivity index (χ3v) is 6.31. The molecule has 0 atom stereocenters. The molecule has 10 heteroatoms. The van der Waals surface area contributed by atoms with Gasteiger partial charge in [0.2, 0.25) is 0 Å². The largest absolute Gasteiger partial charge is 0.496 e. The summed E-state index contributed by atoms with van der Waals surface area (Å²) in [5, 5.41) is 14.0. The van der Waals surface area contributed by atoms with Crippen LogP contribution in [0, 0.1) is 37.8 Å². The summed E-state index contributed by atoms with van der Waals surface area (Å²) in [5.74, 6) is -1.22. The topological polar surface area (TPSA) is 124 Å². The SMILES string of the molecule is COc1ccc(-n2c(C)cc(C=C3C(=O)NC(=O)N(c4cccc(C)c4C)C3=O)c2C)c([N+](=O)[O-])c1. The van der Waals surface area contributed by atoms with Gasteiger partial charge in [-0.25, -0.2) is 9.69 Å². The first-order chi connectivity index (χ1) is 17.0. The Labute approximate surface area is 206 Å². The fraction of sp³-hybridized carbons (Fsp3) is 0.192. The highest BCUT2D eigenvalue weighted by molar-refractivity contribution is 6.39. The lowest BCUT2D eigenvalue weighted by Crippen LogP contribution is -2.54. The maximum absolute atomic E-state index is 13.4. The second-order valence-electron chi connectivity index (χ2n) is 8.45. The number of methoxy groups -OCH3 is 1. The summed E-state index contributed by atoms with van der Waals surface area (Å²) in [6.45, 7) is 7.14. The lowest BCUT2D eigenvalue weighted by molar-refractivity contribution is -0.384. The fourth-order valence-corrected chi connectivity index (χ4v) is 4.28. The van der Waals surface area contributed by atoms with Crippen LogP contribution in [-0.2, 0) is 9.59 Å². The van der Waals surface area contributed by atoms with E-state index in [2.05, 4.69) is 5.32 Å². The van der Waals surface area contributed by atoms with Gasteiger partial charge in [-0.05, 0) is 74.7 Å². The maximum atomic E-state index is 13.4. The zero-order chi connectivity index (χ0) is 26.3. The summed E-state index contributed by atoms with van der Waals surface area (Å²) in [5.41, 5.74) is 3.67. The van der Waals surface area contributed by atoms with E-state index in [0.717, 1.165) is 16.0 Å². The Kier molecular flexibility index (Phi) is 6.19. The van der Waals surface area contributed by atoms with Crippen molar-refractivity contribution in [3.63, 3.8) is 0 Å². The molecule has 0 radical (unpaired) electrons. The smallest absolute Gasteiger partial charge is 0.335 e. The molecule has 1 fully saturated rings. The van der Waals surface area contributed by atoms with Crippen LogP contribution in [0.25, 0.3) is 11.8 Å². The van der Waals surface area contributed by atoms with Crippen LogP contribution in [0.15, 0.2) is 48.0 Å². The van der Waals surface area contributed by atoms with Gasteiger partial charge in [-0.2, -0.15) is 0 Å². The van der Waals surface area contributed by atoms with Gasteiger partial charge in [-0.1, -0.05) is 12.1 Å². The quantitative estimate of drug-likeness (QED) is 0.247. The van der Waals surface area contributed by atoms with Gasteiger partial charge in [-0.3, -0.25) is 25.0 Å². The lowest BCUT2D eigenvalue weighted by atomic mass is 10.0. The molecule has 36 heavy (non-hydrogen) atoms. The molecule has 0 saturated carbocycles. The Hall–Kier alpha value is -4.73. The Morgan fingerprint density at radius 3 is 2.39 bits per heavy atom. The highest BCUT2D eigenvalue weighted by atomic mass is 16.6. The van der Waals surface area contributed by atoms with E-state index < -0.39 is 22.8 Å². The zero-order valence-corrected chi connectivity index (χ0v) is 20.4. The summed E-state index contributed by atoms with van der Waals surface area (Å²) >= 11 is 0. The van der Waals surface area contributed by atoms with Crippen LogP contribution >= 0.6 is 0 Å². The van der Waals surface area contributed by atoms with Gasteiger partial charge >= 0.3 is 6.03 Å². The number of amides is 4. The van der Waals surface area contributed by atoms with E-state index in [1.54, 1.807) is 55.7 Å². The van der Waals surface area contributed by atoms with E-state index in [-0.39, 0.29) is 11.3 Å². The number of hydrogen-bond acceptors (Lipinski definition) is 6. The second kappa shape index (κ2) is 9.14. The van der Waals surface area contributed by atoms with E-state index in [4.69, 9.17) is 4.74 Å². The number of rotatable bonds is 5. The molecule has 4 rings (SSSR count). The van der Waals surface area contributed by atoms with Crippen LogP contribution in [0.3, 0.4) is 0 Å². The summed E-state index contributed by atoms with van der Waals surface area (Å²) in [7, 11) is 1.42. The molecule has 0 aliphatic carbocycles. The number of carbonyl (C=O) groups is 3. The Balaban J connectivity index is 1.82. The van der Waals surface area contributed by atoms with Gasteiger partial charge in [0.1, 0.15) is 17.0 Å². The van der Waals surface area contributed by atoms with Crippen LogP contribution < -0.4 is 15.0 Å². The number of anilines is 1. The molecule has 2 aromatic carbocycles. The van der Waals surface area contributed by atoms with Gasteiger partial charge in [-0.15, -0.1) is 0 Å². The van der Waals surface area contributed by atoms with Gasteiger partial charge < -0.3 is 9.30 Å². The highest BCUT2D eigenvalue weighted by Gasteiger charge is 2.37. The van der Waals surface area contributed by atoms with Crippen molar-refractivity contribution in [2.75, 3.05) is 12.0 Å². The molecule has 2 heterocycles. The minimum absolute atomic E-state index is 0.159. The number of urea groups is 1. The molecule has 3 aromatic rings. The molecule has 184 valence electrons. The van der Waals surface area contributed by atoms with E-state index >= 15 is 0 Å². The van der Waals surface area contributed by atoms with Gasteiger partial charge in [0.15, 0.2) is 0 Å². The molecule has 1 aromatic heterocycles. The first-order valence-electron chi connectivity index (χ1n) is 11.0. The number of benzene rings is 2. The maximum Gasteiger partial charge on any atom is 0.335 e. The number of aromatic nitrogens is 1. The number of nitrogens with one attached hydrogen (secondary N) is 1. The molecule has 1 N–H and O–H groups in total. The zero-order valence-electron chi connectivity index (χ0n) is 20.4. The van der Waals surface area contributed by atoms with Crippen LogP contribution in [0.4, 0.5) is 16.2 Å². The number of carbonyl (C=O) groups excluding carboxylic acids is 3. The molecule has 10 nitrogen and oxygen atoms in total. The number of nitro groups is 1. The minimum atomic E-state index is -0.824. The van der Waals surface area contributed by atoms with Crippen LogP contribution in [-0.4, -0.2) is 34.4 Å². The van der Waals surface area contributed by atoms with Crippen LogP contribution in [0.2, 0.25) is 0 Å². The molecule has 1 saturated heterocycles. The van der Waals surface area contributed by atoms with Crippen molar-refractivity contribution in [1.82, 2.24) is 9.88 Å². The number of nitro benzene ring substituents is 1.